The number of nitrogens with one attached hydrogen (secondary N) is 1. The van der Waals surface area contributed by atoms with Crippen molar-refractivity contribution in [1.29, 1.82) is 0 Å². The predicted octanol–water partition coefficient (Wildman–Crippen LogP) is 1.53. The summed E-state index contributed by atoms with van der Waals surface area (Å²) in [5.41, 5.74) is 1.01. The monoisotopic (exact) mass is 279 g/mol. The molecular formula is C12H17N5OS. The smallest absolute Gasteiger partial charge is 0.317 e. The van der Waals surface area contributed by atoms with E-state index in [2.05, 4.69) is 15.4 Å². The van der Waals surface area contributed by atoms with Crippen molar-refractivity contribution in [2.24, 2.45) is 7.05 Å². The third kappa shape index (κ3) is 3.78. The fraction of sp³-hybridized carbons (Fsp3) is 0.417. The van der Waals surface area contributed by atoms with E-state index < -0.39 is 0 Å². The summed E-state index contributed by atoms with van der Waals surface area (Å²) in [6, 6.07) is -0.102. The van der Waals surface area contributed by atoms with Crippen molar-refractivity contribution < 1.29 is 4.79 Å². The maximum absolute atomic E-state index is 11.9. The summed E-state index contributed by atoms with van der Waals surface area (Å²) >= 11 is 1.59. The van der Waals surface area contributed by atoms with Gasteiger partial charge in [-0.1, -0.05) is 0 Å². The van der Waals surface area contributed by atoms with Crippen molar-refractivity contribution in [3.8, 4) is 0 Å². The number of thiazole rings is 1. The van der Waals surface area contributed by atoms with E-state index in [-0.39, 0.29) is 6.03 Å². The van der Waals surface area contributed by atoms with Gasteiger partial charge in [0.1, 0.15) is 0 Å². The Balaban J connectivity index is 1.82. The Labute approximate surface area is 116 Å². The van der Waals surface area contributed by atoms with Crippen LogP contribution < -0.4 is 5.32 Å². The van der Waals surface area contributed by atoms with Crippen LogP contribution in [0, 0.1) is 6.92 Å². The first kappa shape index (κ1) is 13.5. The van der Waals surface area contributed by atoms with Crippen molar-refractivity contribution >= 4 is 17.4 Å². The second-order valence-electron chi connectivity index (χ2n) is 4.38. The molecule has 6 nitrogen and oxygen atoms in total. The van der Waals surface area contributed by atoms with Gasteiger partial charge in [0.2, 0.25) is 0 Å². The Hall–Kier alpha value is -1.89. The summed E-state index contributed by atoms with van der Waals surface area (Å²) < 4.78 is 1.72. The summed E-state index contributed by atoms with van der Waals surface area (Å²) in [7, 11) is 3.62. The van der Waals surface area contributed by atoms with Crippen molar-refractivity contribution in [2.45, 2.75) is 20.0 Å². The van der Waals surface area contributed by atoms with Gasteiger partial charge in [0.05, 0.1) is 24.3 Å². The summed E-state index contributed by atoms with van der Waals surface area (Å²) in [5, 5.41) is 7.95. The standard InChI is InChI=1S/C12H17N5OS/c1-9-13-5-11(19-9)6-14-12(18)16(2)7-10-4-15-17(3)8-10/h4-5,8H,6-7H2,1-3H3,(H,14,18). The molecule has 0 aliphatic heterocycles. The van der Waals surface area contributed by atoms with Crippen molar-refractivity contribution in [2.75, 3.05) is 7.05 Å². The molecule has 0 aliphatic rings. The zero-order valence-electron chi connectivity index (χ0n) is 11.3. The molecule has 0 atom stereocenters. The SMILES string of the molecule is Cc1ncc(CNC(=O)N(C)Cc2cnn(C)c2)s1. The second kappa shape index (κ2) is 5.83. The normalized spacial score (nSPS) is 10.5. The van der Waals surface area contributed by atoms with Crippen LogP contribution in [-0.4, -0.2) is 32.7 Å². The number of hydrogen-bond acceptors (Lipinski definition) is 4. The Morgan fingerprint density at radius 3 is 2.89 bits per heavy atom. The number of carbonyl (C=O) groups excluding carboxylic acids is 1. The second-order valence-corrected chi connectivity index (χ2v) is 5.70. The van der Waals surface area contributed by atoms with Gasteiger partial charge in [0.25, 0.3) is 0 Å². The van der Waals surface area contributed by atoms with Crippen LogP contribution in [0.3, 0.4) is 0 Å². The molecule has 102 valence electrons. The first-order chi connectivity index (χ1) is 9.04. The van der Waals surface area contributed by atoms with Crippen LogP contribution in [0.4, 0.5) is 4.79 Å². The number of aryl methyl sites for hydroxylation is 2. The van der Waals surface area contributed by atoms with Gasteiger partial charge in [-0.25, -0.2) is 9.78 Å². The molecule has 2 aromatic heterocycles. The van der Waals surface area contributed by atoms with Crippen LogP contribution >= 0.6 is 11.3 Å². The van der Waals surface area contributed by atoms with Gasteiger partial charge in [-0.15, -0.1) is 11.3 Å². The topological polar surface area (TPSA) is 63.1 Å². The molecule has 1 N–H and O–H groups in total. The maximum Gasteiger partial charge on any atom is 0.317 e. The molecule has 0 saturated carbocycles. The van der Waals surface area contributed by atoms with Gasteiger partial charge in [-0.3, -0.25) is 4.68 Å². The summed E-state index contributed by atoms with van der Waals surface area (Å²) in [6.45, 7) is 3.01. The van der Waals surface area contributed by atoms with Crippen LogP contribution in [0.15, 0.2) is 18.6 Å². The number of amides is 2. The summed E-state index contributed by atoms with van der Waals surface area (Å²) in [5.74, 6) is 0. The maximum atomic E-state index is 11.9. The molecule has 0 saturated heterocycles. The molecule has 0 radical (unpaired) electrons. The van der Waals surface area contributed by atoms with E-state index in [0.29, 0.717) is 13.1 Å². The van der Waals surface area contributed by atoms with Crippen molar-refractivity contribution in [3.05, 3.63) is 34.0 Å². The zero-order chi connectivity index (χ0) is 13.8. The van der Waals surface area contributed by atoms with E-state index in [4.69, 9.17) is 0 Å². The van der Waals surface area contributed by atoms with Gasteiger partial charge >= 0.3 is 6.03 Å². The molecule has 0 aliphatic carbocycles. The number of aromatic nitrogens is 3. The average Bonchev–Trinajstić information content (AvgIpc) is 2.95. The third-order valence-corrected chi connectivity index (χ3v) is 3.52. The Morgan fingerprint density at radius 1 is 1.53 bits per heavy atom. The average molecular weight is 279 g/mol. The van der Waals surface area contributed by atoms with Crippen LogP contribution in [-0.2, 0) is 20.1 Å². The highest BCUT2D eigenvalue weighted by molar-refractivity contribution is 7.11. The molecule has 19 heavy (non-hydrogen) atoms. The van der Waals surface area contributed by atoms with E-state index in [1.54, 1.807) is 40.4 Å². The van der Waals surface area contributed by atoms with E-state index >= 15 is 0 Å². The lowest BCUT2D eigenvalue weighted by Gasteiger charge is -2.16. The minimum atomic E-state index is -0.102. The fourth-order valence-electron chi connectivity index (χ4n) is 1.68. The number of urea groups is 1. The highest BCUT2D eigenvalue weighted by Gasteiger charge is 2.10. The van der Waals surface area contributed by atoms with E-state index in [0.717, 1.165) is 15.4 Å². The van der Waals surface area contributed by atoms with Crippen LogP contribution in [0.5, 0.6) is 0 Å². The fourth-order valence-corrected chi connectivity index (χ4v) is 2.42. The van der Waals surface area contributed by atoms with Gasteiger partial charge in [-0.2, -0.15) is 5.10 Å². The molecular weight excluding hydrogens is 262 g/mol. The predicted molar refractivity (Wildman–Crippen MR) is 73.8 cm³/mol. The summed E-state index contributed by atoms with van der Waals surface area (Å²) in [6.07, 6.45) is 5.45. The Bertz CT molecular complexity index is 562. The molecule has 2 rings (SSSR count). The minimum absolute atomic E-state index is 0.102. The molecule has 2 heterocycles. The van der Waals surface area contributed by atoms with Crippen molar-refractivity contribution in [3.63, 3.8) is 0 Å². The molecule has 0 unspecified atom stereocenters. The lowest BCUT2D eigenvalue weighted by Crippen LogP contribution is -2.36. The van der Waals surface area contributed by atoms with Gasteiger partial charge < -0.3 is 10.2 Å². The van der Waals surface area contributed by atoms with Crippen LogP contribution in [0.1, 0.15) is 15.4 Å². The molecule has 0 spiro atoms. The van der Waals surface area contributed by atoms with Crippen LogP contribution in [0.2, 0.25) is 0 Å². The Morgan fingerprint density at radius 2 is 2.32 bits per heavy atom. The lowest BCUT2D eigenvalue weighted by atomic mass is 10.3. The zero-order valence-corrected chi connectivity index (χ0v) is 12.1. The molecule has 0 fully saturated rings. The highest BCUT2D eigenvalue weighted by atomic mass is 32.1. The number of hydrogen-bond donors (Lipinski definition) is 1. The Kier molecular flexibility index (Phi) is 4.16. The molecule has 0 aromatic carbocycles. The lowest BCUT2D eigenvalue weighted by molar-refractivity contribution is 0.206. The third-order valence-electron chi connectivity index (χ3n) is 2.61. The minimum Gasteiger partial charge on any atom is -0.333 e. The summed E-state index contributed by atoms with van der Waals surface area (Å²) in [4.78, 5) is 18.7. The van der Waals surface area contributed by atoms with Gasteiger partial charge in [0.15, 0.2) is 0 Å². The van der Waals surface area contributed by atoms with E-state index in [1.165, 1.54) is 0 Å². The van der Waals surface area contributed by atoms with Gasteiger partial charge in [-0.05, 0) is 6.92 Å². The molecule has 2 amide bonds. The highest BCUT2D eigenvalue weighted by Crippen LogP contribution is 2.11. The number of carbonyl (C=O) groups is 1. The molecule has 0 bridgehead atoms. The molecule has 7 heteroatoms. The van der Waals surface area contributed by atoms with E-state index in [9.17, 15) is 4.79 Å². The first-order valence-corrected chi connectivity index (χ1v) is 6.74. The van der Waals surface area contributed by atoms with Gasteiger partial charge in [0, 0.05) is 36.9 Å². The quantitative estimate of drug-likeness (QED) is 0.923. The number of nitrogens with zero attached hydrogens (tertiary/aromatic N) is 4. The van der Waals surface area contributed by atoms with Crippen LogP contribution in [0.25, 0.3) is 0 Å². The van der Waals surface area contributed by atoms with E-state index in [1.807, 2.05) is 20.2 Å². The molecule has 2 aromatic rings. The number of rotatable bonds is 4. The largest absolute Gasteiger partial charge is 0.333 e. The first-order valence-electron chi connectivity index (χ1n) is 5.92. The van der Waals surface area contributed by atoms with Crippen molar-refractivity contribution in [1.82, 2.24) is 25.0 Å².